The van der Waals surface area contributed by atoms with E-state index >= 15 is 0 Å². The van der Waals surface area contributed by atoms with Gasteiger partial charge >= 0.3 is 0 Å². The molecule has 2 fully saturated rings. The third-order valence-electron chi connectivity index (χ3n) is 2.48. The number of nitrogens with two attached hydrogens (primary N) is 1. The van der Waals surface area contributed by atoms with Gasteiger partial charge in [-0.2, -0.15) is 0 Å². The van der Waals surface area contributed by atoms with E-state index in [4.69, 9.17) is 15.2 Å². The standard InChI is InChI=1S/C8H15NO3/c1-8(2)11-6-4(9)3-5(10)7(6)12-8/h4-7,10H,3,9H2,1-2H3/t4-,5-,6-,7+/m0/s1. The molecule has 12 heavy (non-hydrogen) atoms. The molecule has 0 bridgehead atoms. The lowest BCUT2D eigenvalue weighted by Crippen LogP contribution is -2.35. The lowest BCUT2D eigenvalue weighted by molar-refractivity contribution is -0.163. The number of rotatable bonds is 0. The van der Waals surface area contributed by atoms with Gasteiger partial charge in [0.25, 0.3) is 0 Å². The molecule has 0 aromatic rings. The molecule has 1 aliphatic heterocycles. The van der Waals surface area contributed by atoms with Crippen LogP contribution in [0.5, 0.6) is 0 Å². The van der Waals surface area contributed by atoms with Crippen molar-refractivity contribution in [2.24, 2.45) is 5.73 Å². The Morgan fingerprint density at radius 3 is 2.50 bits per heavy atom. The van der Waals surface area contributed by atoms with E-state index < -0.39 is 11.9 Å². The highest BCUT2D eigenvalue weighted by atomic mass is 16.8. The maximum atomic E-state index is 9.52. The molecule has 3 N–H and O–H groups in total. The molecule has 1 aliphatic carbocycles. The monoisotopic (exact) mass is 173 g/mol. The summed E-state index contributed by atoms with van der Waals surface area (Å²) >= 11 is 0. The van der Waals surface area contributed by atoms with Crippen LogP contribution in [0.1, 0.15) is 20.3 Å². The molecule has 70 valence electrons. The van der Waals surface area contributed by atoms with E-state index in [1.165, 1.54) is 0 Å². The molecule has 4 atom stereocenters. The van der Waals surface area contributed by atoms with Gasteiger partial charge in [-0.1, -0.05) is 0 Å². The van der Waals surface area contributed by atoms with Gasteiger partial charge < -0.3 is 20.3 Å². The highest BCUT2D eigenvalue weighted by molar-refractivity contribution is 5.00. The van der Waals surface area contributed by atoms with Gasteiger partial charge in [-0.25, -0.2) is 0 Å². The van der Waals surface area contributed by atoms with E-state index in [-0.39, 0.29) is 18.2 Å². The zero-order valence-electron chi connectivity index (χ0n) is 7.36. The van der Waals surface area contributed by atoms with Gasteiger partial charge in [0.1, 0.15) is 12.2 Å². The molecule has 0 aromatic carbocycles. The van der Waals surface area contributed by atoms with Crippen molar-refractivity contribution < 1.29 is 14.6 Å². The molecule has 0 aromatic heterocycles. The molecule has 0 unspecified atom stereocenters. The summed E-state index contributed by atoms with van der Waals surface area (Å²) in [6, 6.07) is -0.0909. The van der Waals surface area contributed by atoms with Crippen molar-refractivity contribution in [3.63, 3.8) is 0 Å². The molecule has 4 nitrogen and oxygen atoms in total. The number of hydrogen-bond acceptors (Lipinski definition) is 4. The summed E-state index contributed by atoms with van der Waals surface area (Å²) in [6.07, 6.45) is -0.248. The molecular formula is C8H15NO3. The number of aliphatic hydroxyl groups is 1. The number of ether oxygens (including phenoxy) is 2. The fourth-order valence-electron chi connectivity index (χ4n) is 1.99. The van der Waals surface area contributed by atoms with Gasteiger partial charge in [0.15, 0.2) is 5.79 Å². The smallest absolute Gasteiger partial charge is 0.163 e. The van der Waals surface area contributed by atoms with E-state index in [1.54, 1.807) is 0 Å². The fraction of sp³-hybridized carbons (Fsp3) is 1.00. The van der Waals surface area contributed by atoms with Gasteiger partial charge in [-0.15, -0.1) is 0 Å². The zero-order valence-corrected chi connectivity index (χ0v) is 7.36. The van der Waals surface area contributed by atoms with Gasteiger partial charge in [0.2, 0.25) is 0 Å². The van der Waals surface area contributed by atoms with Crippen molar-refractivity contribution in [3.8, 4) is 0 Å². The Balaban J connectivity index is 2.15. The van der Waals surface area contributed by atoms with Crippen LogP contribution in [0.15, 0.2) is 0 Å². The first kappa shape index (κ1) is 8.44. The second-order valence-corrected chi connectivity index (χ2v) is 4.03. The first-order valence-corrected chi connectivity index (χ1v) is 4.29. The van der Waals surface area contributed by atoms with Crippen molar-refractivity contribution >= 4 is 0 Å². The maximum absolute atomic E-state index is 9.52. The Morgan fingerprint density at radius 1 is 1.33 bits per heavy atom. The SMILES string of the molecule is CC1(C)O[C@@H]2[C@H](O1)[C@@H](O)C[C@@H]2N. The van der Waals surface area contributed by atoms with Crippen LogP contribution in [0, 0.1) is 0 Å². The van der Waals surface area contributed by atoms with Crippen LogP contribution in [-0.4, -0.2) is 35.2 Å². The molecule has 0 amide bonds. The van der Waals surface area contributed by atoms with Gasteiger partial charge in [0, 0.05) is 6.04 Å². The average Bonchev–Trinajstić information content (AvgIpc) is 2.34. The molecule has 1 heterocycles. The fourth-order valence-corrected chi connectivity index (χ4v) is 1.99. The van der Waals surface area contributed by atoms with Crippen molar-refractivity contribution in [1.29, 1.82) is 0 Å². The minimum Gasteiger partial charge on any atom is -0.390 e. The van der Waals surface area contributed by atoms with E-state index in [0.29, 0.717) is 6.42 Å². The number of fused-ring (bicyclic) bond motifs is 1. The summed E-state index contributed by atoms with van der Waals surface area (Å²) in [7, 11) is 0. The van der Waals surface area contributed by atoms with E-state index in [9.17, 15) is 5.11 Å². The van der Waals surface area contributed by atoms with Crippen LogP contribution in [0.3, 0.4) is 0 Å². The van der Waals surface area contributed by atoms with E-state index in [2.05, 4.69) is 0 Å². The normalized spacial score (nSPS) is 51.0. The third-order valence-corrected chi connectivity index (χ3v) is 2.48. The molecule has 1 saturated carbocycles. The van der Waals surface area contributed by atoms with E-state index in [0.717, 1.165) is 0 Å². The minimum absolute atomic E-state index is 0.0909. The number of hydrogen-bond donors (Lipinski definition) is 2. The van der Waals surface area contributed by atoms with Crippen LogP contribution in [0.2, 0.25) is 0 Å². The van der Waals surface area contributed by atoms with Crippen LogP contribution in [0.25, 0.3) is 0 Å². The Labute approximate surface area is 71.6 Å². The highest BCUT2D eigenvalue weighted by Crippen LogP contribution is 2.37. The molecular weight excluding hydrogens is 158 g/mol. The zero-order chi connectivity index (χ0) is 8.93. The second-order valence-electron chi connectivity index (χ2n) is 4.03. The van der Waals surface area contributed by atoms with Crippen LogP contribution < -0.4 is 5.73 Å². The second kappa shape index (κ2) is 2.42. The Morgan fingerprint density at radius 2 is 1.92 bits per heavy atom. The maximum Gasteiger partial charge on any atom is 0.163 e. The Bertz CT molecular complexity index is 177. The van der Waals surface area contributed by atoms with Crippen LogP contribution in [-0.2, 0) is 9.47 Å². The van der Waals surface area contributed by atoms with Gasteiger partial charge in [-0.3, -0.25) is 0 Å². The summed E-state index contributed by atoms with van der Waals surface area (Å²) in [5.41, 5.74) is 5.77. The molecule has 1 saturated heterocycles. The summed E-state index contributed by atoms with van der Waals surface area (Å²) in [6.45, 7) is 3.68. The summed E-state index contributed by atoms with van der Waals surface area (Å²) in [5.74, 6) is -0.589. The molecule has 4 heteroatoms. The van der Waals surface area contributed by atoms with E-state index in [1.807, 2.05) is 13.8 Å². The Kier molecular flexibility index (Phi) is 1.70. The average molecular weight is 173 g/mol. The highest BCUT2D eigenvalue weighted by Gasteiger charge is 2.52. The van der Waals surface area contributed by atoms with Gasteiger partial charge in [0.05, 0.1) is 6.10 Å². The van der Waals surface area contributed by atoms with Gasteiger partial charge in [-0.05, 0) is 20.3 Å². The Hall–Kier alpha value is -0.160. The van der Waals surface area contributed by atoms with Crippen molar-refractivity contribution in [1.82, 2.24) is 0 Å². The summed E-state index contributed by atoms with van der Waals surface area (Å²) in [4.78, 5) is 0. The van der Waals surface area contributed by atoms with Crippen LogP contribution in [0.4, 0.5) is 0 Å². The lowest BCUT2D eigenvalue weighted by atomic mass is 10.2. The first-order valence-electron chi connectivity index (χ1n) is 4.29. The van der Waals surface area contributed by atoms with Crippen LogP contribution >= 0.6 is 0 Å². The molecule has 0 radical (unpaired) electrons. The molecule has 2 rings (SSSR count). The largest absolute Gasteiger partial charge is 0.390 e. The first-order chi connectivity index (χ1) is 5.49. The summed E-state index contributed by atoms with van der Waals surface area (Å²) < 4.78 is 11.1. The predicted molar refractivity (Wildman–Crippen MR) is 42.4 cm³/mol. The molecule has 0 spiro atoms. The van der Waals surface area contributed by atoms with Crippen molar-refractivity contribution in [2.75, 3.05) is 0 Å². The minimum atomic E-state index is -0.589. The third kappa shape index (κ3) is 1.15. The molecule has 2 aliphatic rings. The van der Waals surface area contributed by atoms with Crippen molar-refractivity contribution in [2.45, 2.75) is 50.4 Å². The van der Waals surface area contributed by atoms with Crippen molar-refractivity contribution in [3.05, 3.63) is 0 Å². The number of aliphatic hydroxyl groups excluding tert-OH is 1. The topological polar surface area (TPSA) is 64.7 Å². The summed E-state index contributed by atoms with van der Waals surface area (Å²) in [5, 5.41) is 9.52. The predicted octanol–water partition coefficient (Wildman–Crippen LogP) is -0.402. The quantitative estimate of drug-likeness (QED) is 0.523. The lowest BCUT2D eigenvalue weighted by Gasteiger charge is -2.20.